The van der Waals surface area contributed by atoms with E-state index in [1.165, 1.54) is 12.8 Å². The number of hydrogen-bond donors (Lipinski definition) is 2. The Bertz CT molecular complexity index is 241. The fourth-order valence-electron chi connectivity index (χ4n) is 2.29. The second kappa shape index (κ2) is 5.61. The van der Waals surface area contributed by atoms with Crippen molar-refractivity contribution in [3.63, 3.8) is 0 Å². The highest BCUT2D eigenvalue weighted by atomic mass is 16.5. The van der Waals surface area contributed by atoms with Crippen LogP contribution in [0.3, 0.4) is 0 Å². The Balaban J connectivity index is 1.70. The second-order valence-electron chi connectivity index (χ2n) is 4.54. The quantitative estimate of drug-likeness (QED) is 0.531. The van der Waals surface area contributed by atoms with Crippen LogP contribution in [0.25, 0.3) is 0 Å². The molecule has 0 aromatic rings. The summed E-state index contributed by atoms with van der Waals surface area (Å²) in [6.07, 6.45) is 3.71. The molecule has 0 spiro atoms. The maximum Gasteiger partial charge on any atom is 0.127 e. The first-order valence-corrected chi connectivity index (χ1v) is 6.05. The van der Waals surface area contributed by atoms with E-state index in [1.54, 1.807) is 0 Å². The number of hydrogen-bond acceptors (Lipinski definition) is 4. The Hall–Kier alpha value is -0.650. The van der Waals surface area contributed by atoms with Gasteiger partial charge in [-0.15, -0.1) is 0 Å². The topological polar surface area (TPSA) is 71.6 Å². The van der Waals surface area contributed by atoms with E-state index in [0.29, 0.717) is 12.7 Å². The van der Waals surface area contributed by atoms with Crippen molar-refractivity contribution >= 4 is 5.84 Å². The summed E-state index contributed by atoms with van der Waals surface area (Å²) in [6.45, 7) is 4.32. The van der Waals surface area contributed by atoms with E-state index in [4.69, 9.17) is 20.6 Å². The second-order valence-corrected chi connectivity index (χ2v) is 4.54. The van der Waals surface area contributed by atoms with E-state index in [-0.39, 0.29) is 11.9 Å². The van der Waals surface area contributed by atoms with Gasteiger partial charge < -0.3 is 15.2 Å². The van der Waals surface area contributed by atoms with E-state index in [9.17, 15) is 0 Å². The molecule has 0 aromatic carbocycles. The van der Waals surface area contributed by atoms with Crippen molar-refractivity contribution in [3.8, 4) is 0 Å². The van der Waals surface area contributed by atoms with Crippen LogP contribution in [-0.4, -0.2) is 55.8 Å². The molecule has 2 unspecified atom stereocenters. The van der Waals surface area contributed by atoms with Gasteiger partial charge in [0.15, 0.2) is 0 Å². The first-order chi connectivity index (χ1) is 7.75. The van der Waals surface area contributed by atoms with Crippen LogP contribution in [0, 0.1) is 5.41 Å². The summed E-state index contributed by atoms with van der Waals surface area (Å²) in [5.41, 5.74) is 5.45. The summed E-state index contributed by atoms with van der Waals surface area (Å²) in [4.78, 5) is 2.32. The molecule has 2 rings (SSSR count). The summed E-state index contributed by atoms with van der Waals surface area (Å²) in [7, 11) is 0. The lowest BCUT2D eigenvalue weighted by atomic mass is 10.1. The molecule has 0 amide bonds. The molecule has 92 valence electrons. The van der Waals surface area contributed by atoms with Gasteiger partial charge in [-0.2, -0.15) is 0 Å². The van der Waals surface area contributed by atoms with Crippen molar-refractivity contribution < 1.29 is 9.47 Å². The summed E-state index contributed by atoms with van der Waals surface area (Å²) in [5, 5.41) is 7.38. The first kappa shape index (κ1) is 11.8. The van der Waals surface area contributed by atoms with Crippen molar-refractivity contribution in [2.75, 3.05) is 32.8 Å². The predicted octanol–water partition coefficient (Wildman–Crippen LogP) is 0.192. The molecule has 16 heavy (non-hydrogen) atoms. The standard InChI is InChI=1S/C11H21N3O2/c12-11(13)10-8-14(5-7-16-10)4-3-9-2-1-6-15-9/h9-10H,1-8H2,(H3,12,13). The van der Waals surface area contributed by atoms with Crippen LogP contribution >= 0.6 is 0 Å². The van der Waals surface area contributed by atoms with Crippen LogP contribution in [0.2, 0.25) is 0 Å². The molecular formula is C11H21N3O2. The zero-order valence-electron chi connectivity index (χ0n) is 9.65. The van der Waals surface area contributed by atoms with Crippen molar-refractivity contribution in [2.45, 2.75) is 31.5 Å². The molecule has 2 heterocycles. The van der Waals surface area contributed by atoms with Gasteiger partial charge in [0, 0.05) is 26.2 Å². The minimum atomic E-state index is -0.210. The Morgan fingerprint density at radius 2 is 2.25 bits per heavy atom. The molecule has 2 atom stereocenters. The lowest BCUT2D eigenvalue weighted by molar-refractivity contribution is -0.00120. The smallest absolute Gasteiger partial charge is 0.127 e. The highest BCUT2D eigenvalue weighted by Gasteiger charge is 2.24. The van der Waals surface area contributed by atoms with Crippen LogP contribution < -0.4 is 5.73 Å². The number of morpholine rings is 1. The largest absolute Gasteiger partial charge is 0.385 e. The van der Waals surface area contributed by atoms with Crippen LogP contribution in [0.1, 0.15) is 19.3 Å². The highest BCUT2D eigenvalue weighted by Crippen LogP contribution is 2.16. The molecule has 2 saturated heterocycles. The molecule has 0 aromatic heterocycles. The van der Waals surface area contributed by atoms with Gasteiger partial charge >= 0.3 is 0 Å². The van der Waals surface area contributed by atoms with Crippen molar-refractivity contribution in [1.82, 2.24) is 4.90 Å². The van der Waals surface area contributed by atoms with Crippen LogP contribution in [0.4, 0.5) is 0 Å². The van der Waals surface area contributed by atoms with Crippen LogP contribution in [0.5, 0.6) is 0 Å². The number of ether oxygens (including phenoxy) is 2. The minimum Gasteiger partial charge on any atom is -0.385 e. The normalized spacial score (nSPS) is 31.8. The van der Waals surface area contributed by atoms with Crippen molar-refractivity contribution in [2.24, 2.45) is 5.73 Å². The predicted molar refractivity (Wildman–Crippen MR) is 61.7 cm³/mol. The third kappa shape index (κ3) is 3.17. The number of nitrogens with two attached hydrogens (primary N) is 1. The third-order valence-electron chi connectivity index (χ3n) is 3.29. The summed E-state index contributed by atoms with van der Waals surface area (Å²) >= 11 is 0. The Morgan fingerprint density at radius 1 is 1.38 bits per heavy atom. The summed E-state index contributed by atoms with van der Waals surface area (Å²) in [6, 6.07) is 0. The van der Waals surface area contributed by atoms with Gasteiger partial charge in [-0.05, 0) is 19.3 Å². The summed E-state index contributed by atoms with van der Waals surface area (Å²) in [5.74, 6) is 0.141. The molecule has 2 fully saturated rings. The van der Waals surface area contributed by atoms with Gasteiger partial charge in [0.2, 0.25) is 0 Å². The van der Waals surface area contributed by atoms with Crippen LogP contribution in [-0.2, 0) is 9.47 Å². The highest BCUT2D eigenvalue weighted by molar-refractivity contribution is 5.82. The fraction of sp³-hybridized carbons (Fsp3) is 0.909. The molecule has 3 N–H and O–H groups in total. The first-order valence-electron chi connectivity index (χ1n) is 6.05. The lowest BCUT2D eigenvalue weighted by Crippen LogP contribution is -2.48. The van der Waals surface area contributed by atoms with Gasteiger partial charge in [-0.3, -0.25) is 10.3 Å². The molecule has 2 aliphatic heterocycles. The number of rotatable bonds is 4. The Kier molecular flexibility index (Phi) is 4.15. The minimum absolute atomic E-state index is 0.141. The van der Waals surface area contributed by atoms with Gasteiger partial charge in [0.1, 0.15) is 11.9 Å². The molecule has 0 radical (unpaired) electrons. The van der Waals surface area contributed by atoms with E-state index < -0.39 is 0 Å². The average molecular weight is 227 g/mol. The number of nitrogens with zero attached hydrogens (tertiary/aromatic N) is 1. The molecule has 2 aliphatic rings. The van der Waals surface area contributed by atoms with E-state index in [2.05, 4.69) is 4.90 Å². The zero-order chi connectivity index (χ0) is 11.4. The number of nitrogens with one attached hydrogen (secondary N) is 1. The van der Waals surface area contributed by atoms with E-state index in [1.807, 2.05) is 0 Å². The van der Waals surface area contributed by atoms with Gasteiger partial charge in [-0.1, -0.05) is 0 Å². The molecular weight excluding hydrogens is 206 g/mol. The number of amidine groups is 1. The zero-order valence-corrected chi connectivity index (χ0v) is 9.65. The molecule has 5 nitrogen and oxygen atoms in total. The van der Waals surface area contributed by atoms with Gasteiger partial charge in [0.25, 0.3) is 0 Å². The average Bonchev–Trinajstić information content (AvgIpc) is 2.79. The Labute approximate surface area is 96.4 Å². The van der Waals surface area contributed by atoms with E-state index in [0.717, 1.165) is 32.7 Å². The van der Waals surface area contributed by atoms with Gasteiger partial charge in [-0.25, -0.2) is 0 Å². The SMILES string of the molecule is N=C(N)C1CN(CCC2CCCO2)CCO1. The third-order valence-corrected chi connectivity index (χ3v) is 3.29. The van der Waals surface area contributed by atoms with E-state index >= 15 is 0 Å². The van der Waals surface area contributed by atoms with Crippen LogP contribution in [0.15, 0.2) is 0 Å². The molecule has 0 bridgehead atoms. The van der Waals surface area contributed by atoms with Crippen molar-refractivity contribution in [3.05, 3.63) is 0 Å². The maximum atomic E-state index is 7.38. The monoisotopic (exact) mass is 227 g/mol. The fourth-order valence-corrected chi connectivity index (χ4v) is 2.29. The molecule has 0 saturated carbocycles. The molecule has 5 heteroatoms. The molecule has 0 aliphatic carbocycles. The Morgan fingerprint density at radius 3 is 2.94 bits per heavy atom. The lowest BCUT2D eigenvalue weighted by Gasteiger charge is -2.32. The summed E-state index contributed by atoms with van der Waals surface area (Å²) < 4.78 is 11.0. The van der Waals surface area contributed by atoms with Crippen molar-refractivity contribution in [1.29, 1.82) is 5.41 Å². The maximum absolute atomic E-state index is 7.38. The van der Waals surface area contributed by atoms with Gasteiger partial charge in [0.05, 0.1) is 12.7 Å².